The van der Waals surface area contributed by atoms with Crippen LogP contribution in [0, 0.1) is 6.92 Å². The van der Waals surface area contributed by atoms with Gasteiger partial charge in [-0.2, -0.15) is 9.78 Å². The van der Waals surface area contributed by atoms with Gasteiger partial charge in [0.15, 0.2) is 0 Å². The van der Waals surface area contributed by atoms with Gasteiger partial charge in [-0.3, -0.25) is 0 Å². The maximum atomic E-state index is 11.4. The number of rotatable bonds is 2. The largest absolute Gasteiger partial charge is 0.465 e. The van der Waals surface area contributed by atoms with Crippen LogP contribution in [-0.2, 0) is 4.74 Å². The highest BCUT2D eigenvalue weighted by Crippen LogP contribution is 2.24. The van der Waals surface area contributed by atoms with Crippen molar-refractivity contribution in [2.24, 2.45) is 0 Å². The number of aryl methyl sites for hydroxylation is 1. The van der Waals surface area contributed by atoms with Crippen molar-refractivity contribution in [2.45, 2.75) is 6.92 Å². The van der Waals surface area contributed by atoms with Crippen molar-refractivity contribution in [1.29, 1.82) is 0 Å². The minimum atomic E-state index is -1.14. The number of hydrogen-bond acceptors (Lipinski definition) is 4. The van der Waals surface area contributed by atoms with Crippen molar-refractivity contribution in [3.63, 3.8) is 0 Å². The summed E-state index contributed by atoms with van der Waals surface area (Å²) in [4.78, 5) is 22.1. The van der Waals surface area contributed by atoms with Gasteiger partial charge in [0.05, 0.1) is 18.9 Å². The van der Waals surface area contributed by atoms with Gasteiger partial charge in [-0.25, -0.2) is 9.59 Å². The maximum absolute atomic E-state index is 11.4. The normalized spacial score (nSPS) is 10.2. The SMILES string of the molecule is COC(=O)c1ccc(-c2cnn(C(=O)O)c2)c(C)c1. The molecule has 0 saturated heterocycles. The lowest BCUT2D eigenvalue weighted by molar-refractivity contribution is 0.0600. The van der Waals surface area contributed by atoms with E-state index in [4.69, 9.17) is 5.11 Å². The van der Waals surface area contributed by atoms with Crippen LogP contribution in [0.3, 0.4) is 0 Å². The van der Waals surface area contributed by atoms with Crippen LogP contribution in [0.4, 0.5) is 4.79 Å². The number of carbonyl (C=O) groups excluding carboxylic acids is 1. The number of methoxy groups -OCH3 is 1. The molecule has 0 bridgehead atoms. The van der Waals surface area contributed by atoms with Crippen molar-refractivity contribution >= 4 is 12.1 Å². The number of esters is 1. The number of nitrogens with zero attached hydrogens (tertiary/aromatic N) is 2. The zero-order valence-corrected chi connectivity index (χ0v) is 10.5. The molecule has 6 nitrogen and oxygen atoms in total. The maximum Gasteiger partial charge on any atom is 0.432 e. The van der Waals surface area contributed by atoms with E-state index < -0.39 is 12.1 Å². The fourth-order valence-corrected chi connectivity index (χ4v) is 1.80. The Morgan fingerprint density at radius 1 is 1.37 bits per heavy atom. The smallest absolute Gasteiger partial charge is 0.432 e. The molecule has 0 aliphatic heterocycles. The van der Waals surface area contributed by atoms with E-state index in [1.165, 1.54) is 19.5 Å². The molecular weight excluding hydrogens is 248 g/mol. The van der Waals surface area contributed by atoms with Crippen LogP contribution in [0.5, 0.6) is 0 Å². The Kier molecular flexibility index (Phi) is 3.33. The Bertz CT molecular complexity index is 646. The molecule has 1 aromatic carbocycles. The zero-order valence-electron chi connectivity index (χ0n) is 10.5. The average molecular weight is 260 g/mol. The number of carboxylic acid groups (broad SMARTS) is 1. The van der Waals surface area contributed by atoms with Gasteiger partial charge in [0.25, 0.3) is 0 Å². The molecule has 0 aliphatic carbocycles. The lowest BCUT2D eigenvalue weighted by Gasteiger charge is -2.05. The summed E-state index contributed by atoms with van der Waals surface area (Å²) in [6.07, 6.45) is 1.74. The molecule has 19 heavy (non-hydrogen) atoms. The third-order valence-electron chi connectivity index (χ3n) is 2.74. The van der Waals surface area contributed by atoms with Crippen molar-refractivity contribution in [3.05, 3.63) is 41.7 Å². The standard InChI is InChI=1S/C13H12N2O4/c1-8-5-9(12(16)19-2)3-4-11(8)10-6-14-15(7-10)13(17)18/h3-7H,1-2H3,(H,17,18). The number of hydrogen-bond donors (Lipinski definition) is 1. The molecule has 0 fully saturated rings. The Morgan fingerprint density at radius 3 is 2.63 bits per heavy atom. The average Bonchev–Trinajstić information content (AvgIpc) is 2.87. The van der Waals surface area contributed by atoms with Gasteiger partial charge in [-0.05, 0) is 30.2 Å². The molecule has 2 aromatic rings. The lowest BCUT2D eigenvalue weighted by Crippen LogP contribution is -2.07. The second-order valence-electron chi connectivity index (χ2n) is 3.98. The van der Waals surface area contributed by atoms with E-state index in [1.54, 1.807) is 18.2 Å². The van der Waals surface area contributed by atoms with Gasteiger partial charge in [-0.1, -0.05) is 6.07 Å². The molecule has 1 aromatic heterocycles. The van der Waals surface area contributed by atoms with Gasteiger partial charge < -0.3 is 9.84 Å². The lowest BCUT2D eigenvalue weighted by atomic mass is 10.0. The molecule has 0 amide bonds. The summed E-state index contributed by atoms with van der Waals surface area (Å²) < 4.78 is 5.48. The van der Waals surface area contributed by atoms with E-state index in [1.807, 2.05) is 6.92 Å². The van der Waals surface area contributed by atoms with Gasteiger partial charge in [0, 0.05) is 11.8 Å². The molecule has 0 unspecified atom stereocenters. The second kappa shape index (κ2) is 4.93. The summed E-state index contributed by atoms with van der Waals surface area (Å²) in [6.45, 7) is 1.83. The fourth-order valence-electron chi connectivity index (χ4n) is 1.80. The minimum absolute atomic E-state index is 0.407. The van der Waals surface area contributed by atoms with Gasteiger partial charge in [-0.15, -0.1) is 0 Å². The van der Waals surface area contributed by atoms with Crippen molar-refractivity contribution in [1.82, 2.24) is 9.78 Å². The zero-order chi connectivity index (χ0) is 14.0. The van der Waals surface area contributed by atoms with Crippen LogP contribution in [0.1, 0.15) is 15.9 Å². The van der Waals surface area contributed by atoms with Crippen molar-refractivity contribution in [3.8, 4) is 11.1 Å². The molecule has 0 aliphatic rings. The predicted molar refractivity (Wildman–Crippen MR) is 67.2 cm³/mol. The highest BCUT2D eigenvalue weighted by molar-refractivity contribution is 5.90. The number of ether oxygens (including phenoxy) is 1. The van der Waals surface area contributed by atoms with E-state index in [-0.39, 0.29) is 0 Å². The van der Waals surface area contributed by atoms with E-state index in [2.05, 4.69) is 9.84 Å². The molecule has 0 saturated carbocycles. The first-order valence-electron chi connectivity index (χ1n) is 5.50. The quantitative estimate of drug-likeness (QED) is 0.837. The summed E-state index contributed by atoms with van der Waals surface area (Å²) in [5.41, 5.74) is 2.79. The summed E-state index contributed by atoms with van der Waals surface area (Å²) in [7, 11) is 1.32. The van der Waals surface area contributed by atoms with Gasteiger partial charge in [0.2, 0.25) is 0 Å². The molecule has 0 spiro atoms. The summed E-state index contributed by atoms with van der Waals surface area (Å²) in [6, 6.07) is 5.07. The number of carbonyl (C=O) groups is 2. The van der Waals surface area contributed by atoms with Crippen LogP contribution in [0.2, 0.25) is 0 Å². The second-order valence-corrected chi connectivity index (χ2v) is 3.98. The number of aromatic nitrogens is 2. The van der Waals surface area contributed by atoms with E-state index >= 15 is 0 Å². The Hall–Kier alpha value is -2.63. The van der Waals surface area contributed by atoms with Crippen LogP contribution < -0.4 is 0 Å². The van der Waals surface area contributed by atoms with Gasteiger partial charge >= 0.3 is 12.1 Å². The molecule has 98 valence electrons. The van der Waals surface area contributed by atoms with Crippen LogP contribution in [0.25, 0.3) is 11.1 Å². The summed E-state index contributed by atoms with van der Waals surface area (Å²) in [5, 5.41) is 12.5. The monoisotopic (exact) mass is 260 g/mol. The first kappa shape index (κ1) is 12.8. The van der Waals surface area contributed by atoms with Crippen LogP contribution in [0.15, 0.2) is 30.6 Å². The molecular formula is C13H12N2O4. The van der Waals surface area contributed by atoms with Crippen LogP contribution in [-0.4, -0.2) is 34.1 Å². The molecule has 2 rings (SSSR count). The minimum Gasteiger partial charge on any atom is -0.465 e. The van der Waals surface area contributed by atoms with Gasteiger partial charge in [0.1, 0.15) is 0 Å². The number of benzene rings is 1. The summed E-state index contributed by atoms with van der Waals surface area (Å²) >= 11 is 0. The van der Waals surface area contributed by atoms with E-state index in [0.29, 0.717) is 11.1 Å². The molecule has 0 radical (unpaired) electrons. The molecule has 6 heteroatoms. The van der Waals surface area contributed by atoms with E-state index in [0.717, 1.165) is 15.8 Å². The van der Waals surface area contributed by atoms with E-state index in [9.17, 15) is 9.59 Å². The Labute approximate surface area is 109 Å². The first-order valence-corrected chi connectivity index (χ1v) is 5.50. The van der Waals surface area contributed by atoms with Crippen LogP contribution >= 0.6 is 0 Å². The predicted octanol–water partition coefficient (Wildman–Crippen LogP) is 2.17. The van der Waals surface area contributed by atoms with Crippen molar-refractivity contribution < 1.29 is 19.4 Å². The molecule has 1 N–H and O–H groups in total. The Morgan fingerprint density at radius 2 is 2.11 bits per heavy atom. The topological polar surface area (TPSA) is 81.4 Å². The van der Waals surface area contributed by atoms with Crippen molar-refractivity contribution in [2.75, 3.05) is 7.11 Å². The third-order valence-corrected chi connectivity index (χ3v) is 2.74. The molecule has 1 heterocycles. The third kappa shape index (κ3) is 2.47. The first-order chi connectivity index (χ1) is 9.02. The Balaban J connectivity index is 2.40. The molecule has 0 atom stereocenters. The highest BCUT2D eigenvalue weighted by atomic mass is 16.5. The fraction of sp³-hybridized carbons (Fsp3) is 0.154. The highest BCUT2D eigenvalue weighted by Gasteiger charge is 2.11. The summed E-state index contributed by atoms with van der Waals surface area (Å²) in [5.74, 6) is -0.407.